The third-order valence-electron chi connectivity index (χ3n) is 4.87. The maximum absolute atomic E-state index is 12.4. The highest BCUT2D eigenvalue weighted by Gasteiger charge is 2.42. The van der Waals surface area contributed by atoms with Crippen LogP contribution in [0.4, 0.5) is 9.93 Å². The Balaban J connectivity index is 1.65. The summed E-state index contributed by atoms with van der Waals surface area (Å²) < 4.78 is 0. The van der Waals surface area contributed by atoms with Gasteiger partial charge in [0.2, 0.25) is 0 Å². The van der Waals surface area contributed by atoms with Crippen LogP contribution in [0.3, 0.4) is 0 Å². The zero-order chi connectivity index (χ0) is 18.9. The number of rotatable bonds is 4. The maximum Gasteiger partial charge on any atom is 0.323 e. The van der Waals surface area contributed by atoms with Gasteiger partial charge in [-0.3, -0.25) is 10.1 Å². The number of aliphatic carboxylic acids is 1. The van der Waals surface area contributed by atoms with Gasteiger partial charge in [-0.15, -0.1) is 11.3 Å². The molecule has 1 aliphatic heterocycles. The van der Waals surface area contributed by atoms with Crippen molar-refractivity contribution in [2.75, 3.05) is 18.4 Å². The Morgan fingerprint density at radius 3 is 2.62 bits per heavy atom. The molecule has 1 aliphatic rings. The van der Waals surface area contributed by atoms with Crippen molar-refractivity contribution in [1.29, 1.82) is 0 Å². The molecule has 0 radical (unpaired) electrons. The largest absolute Gasteiger partial charge is 0.481 e. The molecule has 0 bridgehead atoms. The van der Waals surface area contributed by atoms with Crippen molar-refractivity contribution in [3.8, 4) is 0 Å². The van der Waals surface area contributed by atoms with E-state index < -0.39 is 11.4 Å². The third-order valence-corrected chi connectivity index (χ3v) is 5.94. The van der Waals surface area contributed by atoms with Gasteiger partial charge in [0.05, 0.1) is 11.1 Å². The summed E-state index contributed by atoms with van der Waals surface area (Å²) in [5.74, 6) is -0.863. The first-order valence-corrected chi connectivity index (χ1v) is 9.40. The van der Waals surface area contributed by atoms with Gasteiger partial charge in [-0.1, -0.05) is 29.8 Å². The molecule has 6 nitrogen and oxygen atoms in total. The molecule has 1 aromatic carbocycles. The van der Waals surface area contributed by atoms with Crippen LogP contribution < -0.4 is 5.32 Å². The second kappa shape index (κ2) is 7.07. The van der Waals surface area contributed by atoms with Crippen LogP contribution in [0, 0.1) is 19.3 Å². The van der Waals surface area contributed by atoms with Gasteiger partial charge in [0, 0.05) is 24.4 Å². The quantitative estimate of drug-likeness (QED) is 0.856. The predicted molar refractivity (Wildman–Crippen MR) is 102 cm³/mol. The molecule has 2 N–H and O–H groups in total. The Hall–Kier alpha value is -2.41. The number of carbonyl (C=O) groups is 2. The smallest absolute Gasteiger partial charge is 0.323 e. The summed E-state index contributed by atoms with van der Waals surface area (Å²) >= 11 is 1.47. The number of carboxylic acids is 1. The fraction of sp³-hybridized carbons (Fsp3) is 0.421. The molecule has 0 aliphatic carbocycles. The van der Waals surface area contributed by atoms with Crippen LogP contribution in [0.1, 0.15) is 35.0 Å². The number of thiazole rings is 1. The Kier molecular flexibility index (Phi) is 5.00. The van der Waals surface area contributed by atoms with Gasteiger partial charge in [0.1, 0.15) is 0 Å². The third kappa shape index (κ3) is 3.88. The van der Waals surface area contributed by atoms with Crippen molar-refractivity contribution < 1.29 is 14.7 Å². The number of likely N-dealkylation sites (tertiary alicyclic amines) is 1. The lowest BCUT2D eigenvalue weighted by Crippen LogP contribution is -2.37. The zero-order valence-electron chi connectivity index (χ0n) is 15.2. The Morgan fingerprint density at radius 2 is 2.00 bits per heavy atom. The fourth-order valence-corrected chi connectivity index (χ4v) is 4.00. The molecular formula is C19H23N3O3S. The van der Waals surface area contributed by atoms with Crippen LogP contribution in [0.15, 0.2) is 24.3 Å². The maximum atomic E-state index is 12.4. The lowest BCUT2D eigenvalue weighted by atomic mass is 9.90. The summed E-state index contributed by atoms with van der Waals surface area (Å²) in [6.07, 6.45) is 1.24. The molecule has 138 valence electrons. The predicted octanol–water partition coefficient (Wildman–Crippen LogP) is 3.68. The van der Waals surface area contributed by atoms with Gasteiger partial charge < -0.3 is 10.0 Å². The number of carbonyl (C=O) groups excluding carboxylic acids is 1. The summed E-state index contributed by atoms with van der Waals surface area (Å²) in [5, 5.41) is 12.7. The molecule has 7 heteroatoms. The standard InChI is InChI=1S/C19H23N3O3S/c1-12-4-6-14(7-5-12)10-15-13(2)20-17(26-15)21-18(25)22-9-8-19(3,11-22)16(23)24/h4-7H,8-11H2,1-3H3,(H,23,24)(H,20,21,25). The second-order valence-corrected chi connectivity index (χ2v) is 8.24. The minimum absolute atomic E-state index is 0.217. The second-order valence-electron chi connectivity index (χ2n) is 7.16. The normalized spacial score (nSPS) is 19.6. The number of urea groups is 1. The summed E-state index contributed by atoms with van der Waals surface area (Å²) in [6, 6.07) is 8.08. The summed E-state index contributed by atoms with van der Waals surface area (Å²) in [7, 11) is 0. The molecule has 1 aromatic heterocycles. The molecule has 1 unspecified atom stereocenters. The van der Waals surface area contributed by atoms with Gasteiger partial charge >= 0.3 is 12.0 Å². The van der Waals surface area contributed by atoms with Gasteiger partial charge in [-0.05, 0) is 32.8 Å². The molecule has 1 fully saturated rings. The Labute approximate surface area is 156 Å². The average Bonchev–Trinajstić information content (AvgIpc) is 3.14. The monoisotopic (exact) mass is 373 g/mol. The first-order valence-electron chi connectivity index (χ1n) is 8.58. The average molecular weight is 373 g/mol. The molecular weight excluding hydrogens is 350 g/mol. The Morgan fingerprint density at radius 1 is 1.31 bits per heavy atom. The number of nitrogens with one attached hydrogen (secondary N) is 1. The molecule has 2 heterocycles. The molecule has 26 heavy (non-hydrogen) atoms. The van der Waals surface area contributed by atoms with E-state index in [9.17, 15) is 14.7 Å². The van der Waals surface area contributed by atoms with Crippen molar-refractivity contribution in [3.05, 3.63) is 46.0 Å². The topological polar surface area (TPSA) is 82.5 Å². The van der Waals surface area contributed by atoms with E-state index in [0.29, 0.717) is 18.1 Å². The van der Waals surface area contributed by atoms with E-state index in [-0.39, 0.29) is 12.6 Å². The highest BCUT2D eigenvalue weighted by molar-refractivity contribution is 7.15. The van der Waals surface area contributed by atoms with Crippen LogP contribution in [0.5, 0.6) is 0 Å². The van der Waals surface area contributed by atoms with Crippen molar-refractivity contribution in [2.24, 2.45) is 5.41 Å². The van der Waals surface area contributed by atoms with E-state index in [1.165, 1.54) is 22.5 Å². The van der Waals surface area contributed by atoms with Crippen molar-refractivity contribution in [2.45, 2.75) is 33.6 Å². The number of aromatic nitrogens is 1. The number of nitrogens with zero attached hydrogens (tertiary/aromatic N) is 2. The van der Waals surface area contributed by atoms with Crippen molar-refractivity contribution in [3.63, 3.8) is 0 Å². The van der Waals surface area contributed by atoms with E-state index in [1.54, 1.807) is 11.8 Å². The minimum atomic E-state index is -0.868. The van der Waals surface area contributed by atoms with Gasteiger partial charge in [0.15, 0.2) is 5.13 Å². The van der Waals surface area contributed by atoms with Crippen LogP contribution in [-0.2, 0) is 11.2 Å². The van der Waals surface area contributed by atoms with Crippen LogP contribution >= 0.6 is 11.3 Å². The first kappa shape index (κ1) is 18.4. The number of aryl methyl sites for hydroxylation is 2. The summed E-state index contributed by atoms with van der Waals surface area (Å²) in [6.45, 7) is 6.33. The van der Waals surface area contributed by atoms with Gasteiger partial charge in [-0.2, -0.15) is 0 Å². The molecule has 1 saturated heterocycles. The molecule has 0 saturated carbocycles. The molecule has 2 amide bonds. The van der Waals surface area contributed by atoms with Crippen LogP contribution in [-0.4, -0.2) is 40.1 Å². The summed E-state index contributed by atoms with van der Waals surface area (Å²) in [5.41, 5.74) is 2.47. The van der Waals surface area contributed by atoms with E-state index in [2.05, 4.69) is 41.5 Å². The van der Waals surface area contributed by atoms with Crippen LogP contribution in [0.25, 0.3) is 0 Å². The highest BCUT2D eigenvalue weighted by Crippen LogP contribution is 2.31. The number of carboxylic acid groups (broad SMARTS) is 1. The molecule has 0 spiro atoms. The Bertz CT molecular complexity index is 831. The zero-order valence-corrected chi connectivity index (χ0v) is 16.0. The first-order chi connectivity index (χ1) is 12.3. The van der Waals surface area contributed by atoms with E-state index >= 15 is 0 Å². The van der Waals surface area contributed by atoms with Gasteiger partial charge in [0.25, 0.3) is 0 Å². The summed E-state index contributed by atoms with van der Waals surface area (Å²) in [4.78, 5) is 30.9. The molecule has 2 aromatic rings. The number of hydrogen-bond acceptors (Lipinski definition) is 4. The lowest BCUT2D eigenvalue weighted by Gasteiger charge is -2.19. The van der Waals surface area contributed by atoms with E-state index in [0.717, 1.165) is 17.0 Å². The van der Waals surface area contributed by atoms with Gasteiger partial charge in [-0.25, -0.2) is 9.78 Å². The molecule has 1 atom stereocenters. The highest BCUT2D eigenvalue weighted by atomic mass is 32.1. The van der Waals surface area contributed by atoms with E-state index in [4.69, 9.17) is 0 Å². The SMILES string of the molecule is Cc1ccc(Cc2sc(NC(=O)N3CCC(C)(C(=O)O)C3)nc2C)cc1. The lowest BCUT2D eigenvalue weighted by molar-refractivity contribution is -0.146. The molecule has 3 rings (SSSR count). The van der Waals surface area contributed by atoms with E-state index in [1.807, 2.05) is 6.92 Å². The number of amides is 2. The van der Waals surface area contributed by atoms with Crippen molar-refractivity contribution in [1.82, 2.24) is 9.88 Å². The fourth-order valence-electron chi connectivity index (χ4n) is 3.02. The number of benzene rings is 1. The van der Waals surface area contributed by atoms with Crippen LogP contribution in [0.2, 0.25) is 0 Å². The number of hydrogen-bond donors (Lipinski definition) is 2. The van der Waals surface area contributed by atoms with Crippen molar-refractivity contribution >= 4 is 28.5 Å². The minimum Gasteiger partial charge on any atom is -0.481 e. The number of anilines is 1.